The summed E-state index contributed by atoms with van der Waals surface area (Å²) in [5.41, 5.74) is -3.45. The van der Waals surface area contributed by atoms with Crippen LogP contribution in [-0.2, 0) is 5.60 Å². The number of alkyl halides is 3. The molecule has 0 aliphatic carbocycles. The van der Waals surface area contributed by atoms with Crippen LogP contribution in [0.5, 0.6) is 11.5 Å². The highest BCUT2D eigenvalue weighted by molar-refractivity contribution is 5.95. The largest absolute Gasteiger partial charge is 0.454 e. The fraction of sp³-hybridized carbons (Fsp3) is 0.235. The van der Waals surface area contributed by atoms with Crippen molar-refractivity contribution in [2.75, 3.05) is 13.3 Å². The van der Waals surface area contributed by atoms with E-state index >= 15 is 0 Å². The molecule has 0 unspecified atom stereocenters. The first-order valence-electron chi connectivity index (χ1n) is 7.34. The molecule has 0 bridgehead atoms. The molecule has 3 rings (SSSR count). The number of halogens is 3. The average molecular weight is 353 g/mol. The van der Waals surface area contributed by atoms with E-state index < -0.39 is 24.2 Å². The number of aliphatic hydroxyl groups is 1. The van der Waals surface area contributed by atoms with Crippen LogP contribution < -0.4 is 14.8 Å². The second-order valence-electron chi connectivity index (χ2n) is 5.47. The van der Waals surface area contributed by atoms with Crippen molar-refractivity contribution in [2.45, 2.75) is 11.8 Å². The van der Waals surface area contributed by atoms with Gasteiger partial charge >= 0.3 is 6.18 Å². The van der Waals surface area contributed by atoms with Gasteiger partial charge in [0.05, 0.1) is 6.54 Å². The van der Waals surface area contributed by atoms with Crippen LogP contribution >= 0.6 is 0 Å². The van der Waals surface area contributed by atoms with Crippen LogP contribution in [0.25, 0.3) is 0 Å². The first kappa shape index (κ1) is 17.1. The number of benzene rings is 2. The van der Waals surface area contributed by atoms with Crippen LogP contribution in [-0.4, -0.2) is 30.5 Å². The zero-order valence-corrected chi connectivity index (χ0v) is 12.8. The van der Waals surface area contributed by atoms with E-state index in [9.17, 15) is 23.1 Å². The fourth-order valence-electron chi connectivity index (χ4n) is 2.43. The van der Waals surface area contributed by atoms with Crippen LogP contribution in [0.2, 0.25) is 0 Å². The van der Waals surface area contributed by atoms with Gasteiger partial charge < -0.3 is 19.9 Å². The number of carbonyl (C=O) groups is 1. The minimum absolute atomic E-state index is 0.0161. The molecule has 0 saturated heterocycles. The Morgan fingerprint density at radius 1 is 1.08 bits per heavy atom. The van der Waals surface area contributed by atoms with Crippen LogP contribution in [0.1, 0.15) is 15.9 Å². The molecule has 0 fully saturated rings. The Morgan fingerprint density at radius 3 is 2.44 bits per heavy atom. The van der Waals surface area contributed by atoms with Gasteiger partial charge in [0.2, 0.25) is 12.4 Å². The van der Waals surface area contributed by atoms with Crippen molar-refractivity contribution in [2.24, 2.45) is 0 Å². The molecule has 8 heteroatoms. The van der Waals surface area contributed by atoms with Crippen molar-refractivity contribution >= 4 is 5.91 Å². The van der Waals surface area contributed by atoms with E-state index in [0.29, 0.717) is 11.5 Å². The Bertz CT molecular complexity index is 779. The summed E-state index contributed by atoms with van der Waals surface area (Å²) in [5.74, 6) is 0.0198. The summed E-state index contributed by atoms with van der Waals surface area (Å²) in [7, 11) is 0. The van der Waals surface area contributed by atoms with Gasteiger partial charge in [-0.1, -0.05) is 30.3 Å². The SMILES string of the molecule is O=C(NC[C@](O)(c1ccccc1)C(F)(F)F)c1ccc2c(c1)OCO2. The molecule has 0 radical (unpaired) electrons. The van der Waals surface area contributed by atoms with E-state index in [1.807, 2.05) is 0 Å². The summed E-state index contributed by atoms with van der Waals surface area (Å²) in [6.07, 6.45) is -4.96. The van der Waals surface area contributed by atoms with Crippen LogP contribution in [0.15, 0.2) is 48.5 Å². The van der Waals surface area contributed by atoms with Gasteiger partial charge in [0.25, 0.3) is 5.91 Å². The molecule has 2 aromatic carbocycles. The molecule has 2 N–H and O–H groups in total. The highest BCUT2D eigenvalue weighted by Gasteiger charge is 2.55. The predicted molar refractivity (Wildman–Crippen MR) is 81.3 cm³/mol. The van der Waals surface area contributed by atoms with Crippen LogP contribution in [0.4, 0.5) is 13.2 Å². The molecule has 0 aromatic heterocycles. The Kier molecular flexibility index (Phi) is 4.30. The van der Waals surface area contributed by atoms with Crippen molar-refractivity contribution in [1.82, 2.24) is 5.32 Å². The lowest BCUT2D eigenvalue weighted by Crippen LogP contribution is -2.51. The van der Waals surface area contributed by atoms with Gasteiger partial charge in [0.15, 0.2) is 11.5 Å². The number of hydrogen-bond donors (Lipinski definition) is 2. The van der Waals surface area contributed by atoms with Crippen LogP contribution in [0.3, 0.4) is 0 Å². The number of nitrogens with one attached hydrogen (secondary N) is 1. The van der Waals surface area contributed by atoms with Crippen molar-refractivity contribution in [3.63, 3.8) is 0 Å². The van der Waals surface area contributed by atoms with Gasteiger partial charge in [-0.15, -0.1) is 0 Å². The second-order valence-corrected chi connectivity index (χ2v) is 5.47. The summed E-state index contributed by atoms with van der Waals surface area (Å²) in [4.78, 5) is 12.2. The van der Waals surface area contributed by atoms with Gasteiger partial charge in [-0.25, -0.2) is 0 Å². The van der Waals surface area contributed by atoms with E-state index in [1.54, 1.807) is 0 Å². The molecule has 1 atom stereocenters. The second kappa shape index (κ2) is 6.29. The fourth-order valence-corrected chi connectivity index (χ4v) is 2.43. The maximum absolute atomic E-state index is 13.4. The lowest BCUT2D eigenvalue weighted by atomic mass is 9.93. The third kappa shape index (κ3) is 3.25. The number of ether oxygens (including phenoxy) is 2. The van der Waals surface area contributed by atoms with E-state index in [-0.39, 0.29) is 17.9 Å². The maximum Gasteiger partial charge on any atom is 0.423 e. The lowest BCUT2D eigenvalue weighted by molar-refractivity contribution is -0.263. The highest BCUT2D eigenvalue weighted by Crippen LogP contribution is 2.38. The maximum atomic E-state index is 13.4. The number of fused-ring (bicyclic) bond motifs is 1. The van der Waals surface area contributed by atoms with E-state index in [2.05, 4.69) is 5.32 Å². The third-order valence-electron chi connectivity index (χ3n) is 3.86. The Balaban J connectivity index is 1.79. The number of carbonyl (C=O) groups excluding carboxylic acids is 1. The predicted octanol–water partition coefficient (Wildman–Crippen LogP) is 2.60. The van der Waals surface area contributed by atoms with E-state index in [1.165, 1.54) is 36.4 Å². The first-order chi connectivity index (χ1) is 11.8. The summed E-state index contributed by atoms with van der Waals surface area (Å²) in [5, 5.41) is 12.3. The van der Waals surface area contributed by atoms with Gasteiger partial charge in [-0.2, -0.15) is 13.2 Å². The molecule has 0 saturated carbocycles. The Labute approximate surface area is 141 Å². The summed E-state index contributed by atoms with van der Waals surface area (Å²) in [6, 6.07) is 10.9. The molecule has 1 aliphatic heterocycles. The molecular weight excluding hydrogens is 339 g/mol. The summed E-state index contributed by atoms with van der Waals surface area (Å²) in [6.45, 7) is -1.00. The molecule has 1 aliphatic rings. The van der Waals surface area contributed by atoms with Crippen molar-refractivity contribution in [1.29, 1.82) is 0 Å². The molecule has 1 amide bonds. The number of amides is 1. The van der Waals surface area contributed by atoms with Crippen LogP contribution in [0, 0.1) is 0 Å². The van der Waals surface area contributed by atoms with E-state index in [4.69, 9.17) is 9.47 Å². The smallest absolute Gasteiger partial charge is 0.423 e. The topological polar surface area (TPSA) is 67.8 Å². The minimum Gasteiger partial charge on any atom is -0.454 e. The first-order valence-corrected chi connectivity index (χ1v) is 7.34. The normalized spacial score (nSPS) is 15.5. The molecule has 132 valence electrons. The van der Waals surface area contributed by atoms with Gasteiger partial charge in [-0.3, -0.25) is 4.79 Å². The molecule has 1 heterocycles. The molecule has 25 heavy (non-hydrogen) atoms. The van der Waals surface area contributed by atoms with Crippen molar-refractivity contribution in [3.05, 3.63) is 59.7 Å². The van der Waals surface area contributed by atoms with Gasteiger partial charge in [-0.05, 0) is 23.8 Å². The summed E-state index contributed by atoms with van der Waals surface area (Å²) < 4.78 is 50.4. The van der Waals surface area contributed by atoms with E-state index in [0.717, 1.165) is 12.1 Å². The monoisotopic (exact) mass is 353 g/mol. The summed E-state index contributed by atoms with van der Waals surface area (Å²) >= 11 is 0. The lowest BCUT2D eigenvalue weighted by Gasteiger charge is -2.31. The molecule has 0 spiro atoms. The Hall–Kier alpha value is -2.74. The molecule has 5 nitrogen and oxygen atoms in total. The number of hydrogen-bond acceptors (Lipinski definition) is 4. The molecular formula is C17H14F3NO4. The van der Waals surface area contributed by atoms with Gasteiger partial charge in [0.1, 0.15) is 0 Å². The van der Waals surface area contributed by atoms with Gasteiger partial charge in [0, 0.05) is 5.56 Å². The quantitative estimate of drug-likeness (QED) is 0.887. The van der Waals surface area contributed by atoms with Crippen molar-refractivity contribution < 1.29 is 32.5 Å². The zero-order chi connectivity index (χ0) is 18.1. The average Bonchev–Trinajstić information content (AvgIpc) is 3.06. The van der Waals surface area contributed by atoms with Crippen molar-refractivity contribution in [3.8, 4) is 11.5 Å². The highest BCUT2D eigenvalue weighted by atomic mass is 19.4. The zero-order valence-electron chi connectivity index (χ0n) is 12.8. The standard InChI is InChI=1S/C17H14F3NO4/c18-17(19,20)16(23,12-4-2-1-3-5-12)9-21-15(22)11-6-7-13-14(8-11)25-10-24-13/h1-8,23H,9-10H2,(H,21,22)/t16-/m0/s1. The third-order valence-corrected chi connectivity index (χ3v) is 3.86. The Morgan fingerprint density at radius 2 is 1.76 bits per heavy atom. The number of rotatable bonds is 4. The molecule has 2 aromatic rings. The minimum atomic E-state index is -4.96.